The van der Waals surface area contributed by atoms with Crippen molar-refractivity contribution in [2.45, 2.75) is 65.1 Å². The number of nitrogens with zero attached hydrogens (tertiary/aromatic N) is 1. The normalized spacial score (nSPS) is 14.5. The Morgan fingerprint density at radius 2 is 1.52 bits per heavy atom. The third-order valence-corrected chi connectivity index (χ3v) is 5.03. The second kappa shape index (κ2) is 11.9. The van der Waals surface area contributed by atoms with E-state index in [1.807, 2.05) is 58.0 Å². The van der Waals surface area contributed by atoms with Gasteiger partial charge in [0.1, 0.15) is 6.04 Å². The molecule has 2 amide bonds. The zero-order valence-electron chi connectivity index (χ0n) is 17.8. The van der Waals surface area contributed by atoms with E-state index in [4.69, 9.17) is 23.1 Å². The number of ketones is 1. The van der Waals surface area contributed by atoms with Gasteiger partial charge in [0.05, 0.1) is 18.0 Å². The van der Waals surface area contributed by atoms with Crippen molar-refractivity contribution < 1.29 is 14.4 Å². The summed E-state index contributed by atoms with van der Waals surface area (Å²) in [4.78, 5) is 39.8. The summed E-state index contributed by atoms with van der Waals surface area (Å²) >= 11 is 5.88. The molecule has 0 fully saturated rings. The minimum Gasteiger partial charge on any atom is -0.368 e. The average molecular weight is 424 g/mol. The highest BCUT2D eigenvalue weighted by Crippen LogP contribution is 2.21. The summed E-state index contributed by atoms with van der Waals surface area (Å²) < 4.78 is 0. The topological polar surface area (TPSA) is 106 Å². The van der Waals surface area contributed by atoms with Crippen LogP contribution in [0.15, 0.2) is 30.3 Å². The molecule has 0 aromatic heterocycles. The minimum absolute atomic E-state index is 0.0904. The number of carbonyl (C=O) groups is 3. The smallest absolute Gasteiger partial charge is 0.240 e. The lowest BCUT2D eigenvalue weighted by molar-refractivity contribution is -0.147. The van der Waals surface area contributed by atoms with E-state index in [9.17, 15) is 14.4 Å². The molecule has 162 valence electrons. The Kier molecular flexibility index (Phi) is 10.3. The van der Waals surface area contributed by atoms with Gasteiger partial charge in [0.2, 0.25) is 11.8 Å². The summed E-state index contributed by atoms with van der Waals surface area (Å²) in [6.07, 6.45) is 1.03. The van der Waals surface area contributed by atoms with Gasteiger partial charge in [-0.1, -0.05) is 58.0 Å². The monoisotopic (exact) mass is 423 g/mol. The third kappa shape index (κ3) is 7.78. The van der Waals surface area contributed by atoms with Crippen LogP contribution in [0, 0.1) is 11.8 Å². The molecular weight excluding hydrogens is 390 g/mol. The summed E-state index contributed by atoms with van der Waals surface area (Å²) in [7, 11) is 0. The molecule has 4 N–H and O–H groups in total. The van der Waals surface area contributed by atoms with Gasteiger partial charge in [0.25, 0.3) is 0 Å². The molecule has 0 aliphatic heterocycles. The molecule has 1 aromatic rings. The molecule has 3 atom stereocenters. The Balaban J connectivity index is 3.42. The lowest BCUT2D eigenvalue weighted by Gasteiger charge is -2.38. The van der Waals surface area contributed by atoms with Gasteiger partial charge < -0.3 is 16.4 Å². The molecule has 0 unspecified atom stereocenters. The summed E-state index contributed by atoms with van der Waals surface area (Å²) in [5.41, 5.74) is 12.7. The van der Waals surface area contributed by atoms with Gasteiger partial charge in [-0.15, -0.1) is 11.6 Å². The number of alkyl halides is 1. The largest absolute Gasteiger partial charge is 0.368 e. The van der Waals surface area contributed by atoms with Gasteiger partial charge in [-0.3, -0.25) is 14.4 Å². The second-order valence-corrected chi connectivity index (χ2v) is 8.60. The molecule has 0 radical (unpaired) electrons. The zero-order chi connectivity index (χ0) is 22.1. The van der Waals surface area contributed by atoms with Crippen molar-refractivity contribution in [3.63, 3.8) is 0 Å². The van der Waals surface area contributed by atoms with Crippen LogP contribution in [0.1, 0.15) is 46.1 Å². The Hall–Kier alpha value is -1.92. The summed E-state index contributed by atoms with van der Waals surface area (Å²) in [6.45, 7) is 7.79. The maximum atomic E-state index is 13.4. The van der Waals surface area contributed by atoms with E-state index < -0.39 is 29.9 Å². The highest BCUT2D eigenvalue weighted by Gasteiger charge is 2.39. The maximum absolute atomic E-state index is 13.4. The van der Waals surface area contributed by atoms with Crippen molar-refractivity contribution >= 4 is 29.2 Å². The SMILES string of the molecule is CC(C)C[C@H](N)C(=O)N([C@@H](CC(C)C)C(N)=O)[C@@H](Cc1ccccc1)C(=O)CCl. The van der Waals surface area contributed by atoms with Crippen LogP contribution < -0.4 is 11.5 Å². The third-order valence-electron chi connectivity index (χ3n) is 4.77. The van der Waals surface area contributed by atoms with Gasteiger partial charge in [-0.05, 0) is 30.2 Å². The van der Waals surface area contributed by atoms with Crippen LogP contribution >= 0.6 is 11.6 Å². The number of halogens is 1. The number of carbonyl (C=O) groups excluding carboxylic acids is 3. The maximum Gasteiger partial charge on any atom is 0.240 e. The number of benzene rings is 1. The van der Waals surface area contributed by atoms with E-state index in [1.54, 1.807) is 0 Å². The van der Waals surface area contributed by atoms with Gasteiger partial charge in [0, 0.05) is 6.42 Å². The number of nitrogens with two attached hydrogens (primary N) is 2. The predicted octanol–water partition coefficient (Wildman–Crippen LogP) is 2.51. The fourth-order valence-corrected chi connectivity index (χ4v) is 3.61. The molecular formula is C22H34ClN3O3. The standard InChI is InChI=1S/C22H34ClN3O3/c1-14(2)10-17(24)22(29)26(19(21(25)28)11-15(3)4)18(20(27)13-23)12-16-8-6-5-7-9-16/h5-9,14-15,17-19H,10-13,24H2,1-4H3,(H2,25,28)/t17-,18-,19-/m0/s1. The first kappa shape index (κ1) is 25.1. The van der Waals surface area contributed by atoms with Gasteiger partial charge in [-0.25, -0.2) is 0 Å². The molecule has 0 saturated carbocycles. The lowest BCUT2D eigenvalue weighted by Crippen LogP contribution is -2.60. The van der Waals surface area contributed by atoms with Crippen molar-refractivity contribution in [1.29, 1.82) is 0 Å². The molecule has 0 bridgehead atoms. The van der Waals surface area contributed by atoms with Gasteiger partial charge >= 0.3 is 0 Å². The molecule has 6 nitrogen and oxygen atoms in total. The average Bonchev–Trinajstić information content (AvgIpc) is 2.65. The van der Waals surface area contributed by atoms with E-state index in [0.29, 0.717) is 12.8 Å². The first-order chi connectivity index (χ1) is 13.6. The molecule has 0 spiro atoms. The van der Waals surface area contributed by atoms with Gasteiger partial charge in [0.15, 0.2) is 5.78 Å². The van der Waals surface area contributed by atoms with E-state index >= 15 is 0 Å². The van der Waals surface area contributed by atoms with Crippen molar-refractivity contribution in [1.82, 2.24) is 4.90 Å². The number of hydrogen-bond donors (Lipinski definition) is 2. The number of hydrogen-bond acceptors (Lipinski definition) is 4. The Morgan fingerprint density at radius 1 is 0.966 bits per heavy atom. The summed E-state index contributed by atoms with van der Waals surface area (Å²) in [6, 6.07) is 6.65. The quantitative estimate of drug-likeness (QED) is 0.503. The first-order valence-electron chi connectivity index (χ1n) is 10.1. The predicted molar refractivity (Wildman–Crippen MR) is 116 cm³/mol. The minimum atomic E-state index is -0.929. The van der Waals surface area contributed by atoms with Crippen LogP contribution in [0.2, 0.25) is 0 Å². The van der Waals surface area contributed by atoms with Crippen LogP contribution in [-0.2, 0) is 20.8 Å². The van der Waals surface area contributed by atoms with Crippen molar-refractivity contribution in [3.05, 3.63) is 35.9 Å². The van der Waals surface area contributed by atoms with Crippen molar-refractivity contribution in [3.8, 4) is 0 Å². The van der Waals surface area contributed by atoms with E-state index in [-0.39, 0.29) is 29.9 Å². The van der Waals surface area contributed by atoms with Crippen molar-refractivity contribution in [2.75, 3.05) is 5.88 Å². The van der Waals surface area contributed by atoms with E-state index in [0.717, 1.165) is 5.56 Å². The molecule has 0 heterocycles. The summed E-state index contributed by atoms with van der Waals surface area (Å²) in [5, 5.41) is 0. The van der Waals surface area contributed by atoms with Crippen LogP contribution in [0.4, 0.5) is 0 Å². The van der Waals surface area contributed by atoms with Crippen LogP contribution in [0.25, 0.3) is 0 Å². The second-order valence-electron chi connectivity index (χ2n) is 8.33. The molecule has 1 aromatic carbocycles. The molecule has 0 aliphatic carbocycles. The number of Topliss-reactive ketones (excluding diaryl/α,β-unsaturated/α-hetero) is 1. The van der Waals surface area contributed by atoms with Crippen molar-refractivity contribution in [2.24, 2.45) is 23.3 Å². The van der Waals surface area contributed by atoms with Crippen LogP contribution in [-0.4, -0.2) is 46.5 Å². The fourth-order valence-electron chi connectivity index (χ4n) is 3.43. The molecule has 29 heavy (non-hydrogen) atoms. The molecule has 1 rings (SSSR count). The first-order valence-corrected chi connectivity index (χ1v) is 10.6. The Labute approximate surface area is 178 Å². The Bertz CT molecular complexity index is 679. The van der Waals surface area contributed by atoms with E-state index in [1.165, 1.54) is 4.90 Å². The molecule has 0 aliphatic rings. The fraction of sp³-hybridized carbons (Fsp3) is 0.591. The van der Waals surface area contributed by atoms with Gasteiger partial charge in [-0.2, -0.15) is 0 Å². The molecule has 0 saturated heterocycles. The van der Waals surface area contributed by atoms with E-state index in [2.05, 4.69) is 0 Å². The summed E-state index contributed by atoms with van der Waals surface area (Å²) in [5.74, 6) is -1.42. The molecule has 7 heteroatoms. The number of amides is 2. The number of rotatable bonds is 12. The Morgan fingerprint density at radius 3 is 1.97 bits per heavy atom. The highest BCUT2D eigenvalue weighted by atomic mass is 35.5. The highest BCUT2D eigenvalue weighted by molar-refractivity contribution is 6.28. The number of primary amides is 1. The zero-order valence-corrected chi connectivity index (χ0v) is 18.6. The lowest BCUT2D eigenvalue weighted by atomic mass is 9.93. The van der Waals surface area contributed by atoms with Crippen LogP contribution in [0.3, 0.4) is 0 Å². The van der Waals surface area contributed by atoms with Crippen LogP contribution in [0.5, 0.6) is 0 Å².